The fourth-order valence-corrected chi connectivity index (χ4v) is 4.00. The molecule has 0 amide bonds. The summed E-state index contributed by atoms with van der Waals surface area (Å²) in [5, 5.41) is 3.78. The molecule has 0 aromatic carbocycles. The molecule has 0 aromatic heterocycles. The van der Waals surface area contributed by atoms with E-state index in [-0.39, 0.29) is 0 Å². The molecule has 0 aromatic rings. The predicted octanol–water partition coefficient (Wildman–Crippen LogP) is 3.75. The first-order chi connectivity index (χ1) is 8.92. The van der Waals surface area contributed by atoms with Gasteiger partial charge in [-0.2, -0.15) is 0 Å². The van der Waals surface area contributed by atoms with E-state index in [1.54, 1.807) is 0 Å². The lowest BCUT2D eigenvalue weighted by Crippen LogP contribution is -2.43. The van der Waals surface area contributed by atoms with Crippen LogP contribution in [0.3, 0.4) is 0 Å². The maximum Gasteiger partial charge on any atom is 0.0590 e. The van der Waals surface area contributed by atoms with Crippen LogP contribution < -0.4 is 5.32 Å². The Hall–Kier alpha value is -0.0800. The first-order valence-corrected chi connectivity index (χ1v) is 8.23. The Kier molecular flexibility index (Phi) is 6.50. The molecule has 2 fully saturated rings. The van der Waals surface area contributed by atoms with E-state index in [1.165, 1.54) is 57.8 Å². The van der Waals surface area contributed by atoms with Crippen molar-refractivity contribution in [1.29, 1.82) is 0 Å². The zero-order chi connectivity index (χ0) is 12.6. The van der Waals surface area contributed by atoms with Gasteiger partial charge in [-0.3, -0.25) is 0 Å². The molecule has 2 rings (SSSR count). The van der Waals surface area contributed by atoms with E-state index in [0.717, 1.165) is 37.6 Å². The number of nitrogens with one attached hydrogen (secondary N) is 1. The molecule has 2 atom stereocenters. The third-order valence-electron chi connectivity index (χ3n) is 4.93. The molecule has 2 heteroatoms. The van der Waals surface area contributed by atoms with Gasteiger partial charge in [0.05, 0.1) is 6.61 Å². The van der Waals surface area contributed by atoms with E-state index in [4.69, 9.17) is 4.74 Å². The van der Waals surface area contributed by atoms with Crippen LogP contribution >= 0.6 is 0 Å². The summed E-state index contributed by atoms with van der Waals surface area (Å²) < 4.78 is 5.44. The van der Waals surface area contributed by atoms with Gasteiger partial charge in [0, 0.05) is 19.2 Å². The third kappa shape index (κ3) is 4.24. The average molecular weight is 253 g/mol. The largest absolute Gasteiger partial charge is 0.380 e. The molecule has 2 aliphatic rings. The van der Waals surface area contributed by atoms with Crippen molar-refractivity contribution in [2.24, 2.45) is 11.8 Å². The molecule has 0 aliphatic heterocycles. The van der Waals surface area contributed by atoms with Gasteiger partial charge in [0.15, 0.2) is 0 Å². The minimum atomic E-state index is 0.780. The Morgan fingerprint density at radius 1 is 0.944 bits per heavy atom. The van der Waals surface area contributed by atoms with Crippen LogP contribution in [0, 0.1) is 11.8 Å². The van der Waals surface area contributed by atoms with Crippen LogP contribution in [0.5, 0.6) is 0 Å². The van der Waals surface area contributed by atoms with Gasteiger partial charge in [0.1, 0.15) is 0 Å². The molecule has 18 heavy (non-hydrogen) atoms. The third-order valence-corrected chi connectivity index (χ3v) is 4.93. The number of hydrogen-bond acceptors (Lipinski definition) is 2. The second-order valence-electron chi connectivity index (χ2n) is 6.10. The molecule has 0 saturated heterocycles. The summed E-state index contributed by atoms with van der Waals surface area (Å²) in [7, 11) is 0. The van der Waals surface area contributed by atoms with Crippen molar-refractivity contribution in [2.45, 2.75) is 70.8 Å². The van der Waals surface area contributed by atoms with Crippen LogP contribution in [0.2, 0.25) is 0 Å². The van der Waals surface area contributed by atoms with Gasteiger partial charge in [-0.25, -0.2) is 0 Å². The van der Waals surface area contributed by atoms with Crippen LogP contribution in [-0.2, 0) is 4.74 Å². The van der Waals surface area contributed by atoms with Gasteiger partial charge >= 0.3 is 0 Å². The zero-order valence-corrected chi connectivity index (χ0v) is 12.1. The summed E-state index contributed by atoms with van der Waals surface area (Å²) in [5.74, 6) is 1.98. The summed E-state index contributed by atoms with van der Waals surface area (Å²) in [6.07, 6.45) is 13.2. The summed E-state index contributed by atoms with van der Waals surface area (Å²) in [6.45, 7) is 4.84. The van der Waals surface area contributed by atoms with Crippen molar-refractivity contribution in [1.82, 2.24) is 5.32 Å². The van der Waals surface area contributed by atoms with Crippen molar-refractivity contribution < 1.29 is 4.74 Å². The molecular formula is C16H31NO. The number of rotatable bonds is 6. The quantitative estimate of drug-likeness (QED) is 0.728. The van der Waals surface area contributed by atoms with E-state index < -0.39 is 0 Å². The highest BCUT2D eigenvalue weighted by atomic mass is 16.5. The Morgan fingerprint density at radius 2 is 1.67 bits per heavy atom. The highest BCUT2D eigenvalue weighted by molar-refractivity contribution is 4.86. The van der Waals surface area contributed by atoms with Crippen LogP contribution in [-0.4, -0.2) is 25.8 Å². The van der Waals surface area contributed by atoms with Crippen LogP contribution in [0.4, 0.5) is 0 Å². The smallest absolute Gasteiger partial charge is 0.0590 e. The van der Waals surface area contributed by atoms with Crippen LogP contribution in [0.25, 0.3) is 0 Å². The molecule has 1 N–H and O–H groups in total. The Balaban J connectivity index is 1.77. The number of hydrogen-bond donors (Lipinski definition) is 1. The van der Waals surface area contributed by atoms with Crippen molar-refractivity contribution >= 4 is 0 Å². The summed E-state index contributed by atoms with van der Waals surface area (Å²) >= 11 is 0. The van der Waals surface area contributed by atoms with Crippen LogP contribution in [0.1, 0.15) is 64.7 Å². The second-order valence-corrected chi connectivity index (χ2v) is 6.10. The average Bonchev–Trinajstić information content (AvgIpc) is 2.45. The Labute approximate surface area is 113 Å². The van der Waals surface area contributed by atoms with E-state index in [2.05, 4.69) is 12.2 Å². The van der Waals surface area contributed by atoms with Crippen molar-refractivity contribution in [3.05, 3.63) is 0 Å². The fraction of sp³-hybridized carbons (Fsp3) is 1.00. The predicted molar refractivity (Wildman–Crippen MR) is 76.8 cm³/mol. The highest BCUT2D eigenvalue weighted by Gasteiger charge is 2.31. The zero-order valence-electron chi connectivity index (χ0n) is 12.1. The molecule has 0 heterocycles. The summed E-state index contributed by atoms with van der Waals surface area (Å²) in [5.41, 5.74) is 0. The Morgan fingerprint density at radius 3 is 2.44 bits per heavy atom. The molecule has 0 spiro atoms. The molecule has 2 aliphatic carbocycles. The molecular weight excluding hydrogens is 222 g/mol. The minimum Gasteiger partial charge on any atom is -0.380 e. The maximum absolute atomic E-state index is 5.44. The van der Waals surface area contributed by atoms with Gasteiger partial charge < -0.3 is 10.1 Å². The first kappa shape index (κ1) is 14.3. The van der Waals surface area contributed by atoms with Gasteiger partial charge in [0.2, 0.25) is 0 Å². The van der Waals surface area contributed by atoms with Crippen LogP contribution in [0.15, 0.2) is 0 Å². The second kappa shape index (κ2) is 8.16. The minimum absolute atomic E-state index is 0.780. The molecule has 2 saturated carbocycles. The van der Waals surface area contributed by atoms with Crippen molar-refractivity contribution in [2.75, 3.05) is 19.8 Å². The van der Waals surface area contributed by atoms with Crippen molar-refractivity contribution in [3.63, 3.8) is 0 Å². The van der Waals surface area contributed by atoms with Gasteiger partial charge in [-0.1, -0.05) is 44.9 Å². The normalized spacial score (nSPS) is 30.5. The van der Waals surface area contributed by atoms with E-state index in [0.29, 0.717) is 0 Å². The Bertz CT molecular complexity index is 213. The van der Waals surface area contributed by atoms with Crippen molar-refractivity contribution in [3.8, 4) is 0 Å². The first-order valence-electron chi connectivity index (χ1n) is 8.23. The van der Waals surface area contributed by atoms with E-state index in [1.807, 2.05) is 0 Å². The van der Waals surface area contributed by atoms with Gasteiger partial charge in [0.25, 0.3) is 0 Å². The lowest BCUT2D eigenvalue weighted by Gasteiger charge is -2.39. The highest BCUT2D eigenvalue weighted by Crippen LogP contribution is 2.38. The van der Waals surface area contributed by atoms with Gasteiger partial charge in [-0.15, -0.1) is 0 Å². The van der Waals surface area contributed by atoms with E-state index in [9.17, 15) is 0 Å². The standard InChI is InChI=1S/C16H31NO/c1-2-18-13-12-17-16-11-7-6-10-15(16)14-8-4-3-5-9-14/h14-17H,2-13H2,1H3. The molecule has 0 radical (unpaired) electrons. The molecule has 2 unspecified atom stereocenters. The van der Waals surface area contributed by atoms with E-state index >= 15 is 0 Å². The fourth-order valence-electron chi connectivity index (χ4n) is 4.00. The maximum atomic E-state index is 5.44. The summed E-state index contributed by atoms with van der Waals surface area (Å²) in [6, 6.07) is 0.780. The topological polar surface area (TPSA) is 21.3 Å². The monoisotopic (exact) mass is 253 g/mol. The molecule has 106 valence electrons. The lowest BCUT2D eigenvalue weighted by atomic mass is 9.71. The molecule has 0 bridgehead atoms. The lowest BCUT2D eigenvalue weighted by molar-refractivity contribution is 0.121. The molecule has 2 nitrogen and oxygen atoms in total. The SMILES string of the molecule is CCOCCNC1CCCCC1C1CCCCC1. The number of ether oxygens (including phenoxy) is 1. The van der Waals surface area contributed by atoms with Gasteiger partial charge in [-0.05, 0) is 31.6 Å². The summed E-state index contributed by atoms with van der Waals surface area (Å²) in [4.78, 5) is 0.